The summed E-state index contributed by atoms with van der Waals surface area (Å²) in [5.74, 6) is -0.0434. The van der Waals surface area contributed by atoms with Gasteiger partial charge < -0.3 is 20.3 Å². The highest BCUT2D eigenvalue weighted by Crippen LogP contribution is 2.19. The van der Waals surface area contributed by atoms with Crippen LogP contribution in [0.1, 0.15) is 386 Å². The van der Waals surface area contributed by atoms with Crippen molar-refractivity contribution in [2.24, 2.45) is 0 Å². The van der Waals surface area contributed by atoms with Gasteiger partial charge in [0.05, 0.1) is 25.4 Å². The third-order valence-electron chi connectivity index (χ3n) is 16.1. The Morgan fingerprint density at radius 2 is 0.622 bits per heavy atom. The van der Waals surface area contributed by atoms with E-state index in [2.05, 4.69) is 19.2 Å². The monoisotopic (exact) mass is 1040 g/mol. The van der Waals surface area contributed by atoms with Crippen molar-refractivity contribution in [3.05, 3.63) is 12.2 Å². The minimum Gasteiger partial charge on any atom is -0.466 e. The number of aliphatic hydroxyl groups is 2. The van der Waals surface area contributed by atoms with Crippen molar-refractivity contribution in [1.82, 2.24) is 5.32 Å². The van der Waals surface area contributed by atoms with Crippen LogP contribution in [0, 0.1) is 0 Å². The van der Waals surface area contributed by atoms with Gasteiger partial charge >= 0.3 is 5.97 Å². The van der Waals surface area contributed by atoms with E-state index in [1.807, 2.05) is 6.08 Å². The van der Waals surface area contributed by atoms with Crippen LogP contribution in [0.2, 0.25) is 0 Å². The van der Waals surface area contributed by atoms with Crippen LogP contribution in [0.25, 0.3) is 0 Å². The van der Waals surface area contributed by atoms with Crippen LogP contribution in [0.15, 0.2) is 12.2 Å². The van der Waals surface area contributed by atoms with Crippen LogP contribution in [0.4, 0.5) is 0 Å². The molecule has 0 rings (SSSR count). The normalized spacial score (nSPS) is 12.5. The number of allylic oxidation sites excluding steroid dienone is 1. The van der Waals surface area contributed by atoms with Crippen LogP contribution in [0.5, 0.6) is 0 Å². The molecule has 0 saturated heterocycles. The molecule has 0 fully saturated rings. The third-order valence-corrected chi connectivity index (χ3v) is 16.1. The zero-order valence-electron chi connectivity index (χ0n) is 50.4. The minimum atomic E-state index is -0.843. The van der Waals surface area contributed by atoms with Crippen molar-refractivity contribution in [2.45, 2.75) is 398 Å². The highest BCUT2D eigenvalue weighted by Gasteiger charge is 2.18. The number of carbonyl (C=O) groups is 2. The van der Waals surface area contributed by atoms with Gasteiger partial charge in [-0.3, -0.25) is 9.59 Å². The highest BCUT2D eigenvalue weighted by molar-refractivity contribution is 5.76. The van der Waals surface area contributed by atoms with Gasteiger partial charge in [0.25, 0.3) is 0 Å². The van der Waals surface area contributed by atoms with E-state index in [-0.39, 0.29) is 18.5 Å². The first-order valence-electron chi connectivity index (χ1n) is 34.0. The lowest BCUT2D eigenvalue weighted by Crippen LogP contribution is -2.45. The van der Waals surface area contributed by atoms with Crippen molar-refractivity contribution in [2.75, 3.05) is 13.2 Å². The smallest absolute Gasteiger partial charge is 0.305 e. The molecule has 0 aromatic carbocycles. The maximum Gasteiger partial charge on any atom is 0.305 e. The Kier molecular flexibility index (Phi) is 62.9. The number of rotatable bonds is 64. The van der Waals surface area contributed by atoms with Gasteiger partial charge in [-0.25, -0.2) is 0 Å². The third kappa shape index (κ3) is 59.8. The molecule has 2 atom stereocenters. The van der Waals surface area contributed by atoms with E-state index < -0.39 is 12.1 Å². The maximum absolute atomic E-state index is 12.5. The number of carbonyl (C=O) groups excluding carboxylic acids is 2. The largest absolute Gasteiger partial charge is 0.466 e. The molecule has 0 aromatic rings. The van der Waals surface area contributed by atoms with Gasteiger partial charge in [-0.05, 0) is 32.1 Å². The van der Waals surface area contributed by atoms with Crippen molar-refractivity contribution in [3.63, 3.8) is 0 Å². The van der Waals surface area contributed by atoms with Crippen molar-refractivity contribution in [1.29, 1.82) is 0 Å². The van der Waals surface area contributed by atoms with Crippen molar-refractivity contribution >= 4 is 11.9 Å². The van der Waals surface area contributed by atoms with E-state index in [9.17, 15) is 19.8 Å². The Morgan fingerprint density at radius 3 is 0.919 bits per heavy atom. The quantitative estimate of drug-likeness (QED) is 0.0320. The number of esters is 1. The lowest BCUT2D eigenvalue weighted by molar-refractivity contribution is -0.143. The molecule has 6 heteroatoms. The molecule has 0 radical (unpaired) electrons. The number of ether oxygens (including phenoxy) is 1. The summed E-state index contributed by atoms with van der Waals surface area (Å²) in [6, 6.07) is -0.626. The Balaban J connectivity index is 3.37. The topological polar surface area (TPSA) is 95.9 Å². The van der Waals surface area contributed by atoms with Crippen LogP contribution < -0.4 is 5.32 Å². The predicted molar refractivity (Wildman–Crippen MR) is 324 cm³/mol. The predicted octanol–water partition coefficient (Wildman–Crippen LogP) is 21.6. The molecule has 74 heavy (non-hydrogen) atoms. The van der Waals surface area contributed by atoms with Gasteiger partial charge in [-0.2, -0.15) is 0 Å². The summed E-state index contributed by atoms with van der Waals surface area (Å²) in [6.07, 6.45) is 78.5. The number of hydrogen-bond donors (Lipinski definition) is 3. The molecular weight excluding hydrogens is 911 g/mol. The number of amides is 1. The summed E-state index contributed by atoms with van der Waals surface area (Å²) in [5, 5.41) is 23.2. The molecule has 2 unspecified atom stereocenters. The van der Waals surface area contributed by atoms with Gasteiger partial charge in [0.2, 0.25) is 5.91 Å². The summed E-state index contributed by atoms with van der Waals surface area (Å²) in [4.78, 5) is 24.6. The van der Waals surface area contributed by atoms with E-state index in [1.165, 1.54) is 321 Å². The fourth-order valence-electron chi connectivity index (χ4n) is 10.9. The van der Waals surface area contributed by atoms with Gasteiger partial charge in [0, 0.05) is 12.8 Å². The van der Waals surface area contributed by atoms with Crippen LogP contribution >= 0.6 is 0 Å². The average molecular weight is 1040 g/mol. The van der Waals surface area contributed by atoms with Crippen molar-refractivity contribution < 1.29 is 24.5 Å². The first-order valence-corrected chi connectivity index (χ1v) is 34.0. The van der Waals surface area contributed by atoms with Crippen LogP contribution in [0.3, 0.4) is 0 Å². The molecule has 0 aliphatic rings. The Hall–Kier alpha value is -1.40. The molecular formula is C68H133NO5. The summed E-state index contributed by atoms with van der Waals surface area (Å²) in [7, 11) is 0. The Morgan fingerprint density at radius 1 is 0.365 bits per heavy atom. The molecule has 3 N–H and O–H groups in total. The molecule has 0 aliphatic heterocycles. The van der Waals surface area contributed by atoms with E-state index in [0.29, 0.717) is 19.4 Å². The van der Waals surface area contributed by atoms with Gasteiger partial charge in [-0.15, -0.1) is 0 Å². The zero-order valence-corrected chi connectivity index (χ0v) is 50.4. The molecule has 0 spiro atoms. The molecule has 0 aliphatic carbocycles. The lowest BCUT2D eigenvalue weighted by Gasteiger charge is -2.20. The summed E-state index contributed by atoms with van der Waals surface area (Å²) < 4.78 is 5.49. The summed E-state index contributed by atoms with van der Waals surface area (Å²) in [6.45, 7) is 4.95. The molecule has 0 bridgehead atoms. The zero-order chi connectivity index (χ0) is 53.6. The fraction of sp³-hybridized carbons (Fsp3) is 0.941. The number of nitrogens with one attached hydrogen (secondary N) is 1. The first kappa shape index (κ1) is 72.6. The number of unbranched alkanes of at least 4 members (excludes halogenated alkanes) is 53. The molecule has 0 saturated carbocycles. The fourth-order valence-corrected chi connectivity index (χ4v) is 10.9. The Bertz CT molecular complexity index is 1110. The van der Waals surface area contributed by atoms with E-state index in [0.717, 1.165) is 38.5 Å². The maximum atomic E-state index is 12.5. The SMILES string of the molecule is CCCCCCCCCCCCCCCCCC/C=C/C(O)C(CO)NC(=O)CCCCCCCCCCCCCCCCCCCCCCCCCCCOC(=O)CCCCCCCCCCCCCCCC. The molecule has 6 nitrogen and oxygen atoms in total. The second kappa shape index (κ2) is 64.1. The Labute approximate surface area is 463 Å². The van der Waals surface area contributed by atoms with E-state index in [1.54, 1.807) is 6.08 Å². The first-order chi connectivity index (χ1) is 36.5. The highest BCUT2D eigenvalue weighted by atomic mass is 16.5. The van der Waals surface area contributed by atoms with Crippen molar-refractivity contribution in [3.8, 4) is 0 Å². The summed E-state index contributed by atoms with van der Waals surface area (Å²) >= 11 is 0. The minimum absolute atomic E-state index is 0.0191. The van der Waals surface area contributed by atoms with E-state index in [4.69, 9.17) is 4.74 Å². The van der Waals surface area contributed by atoms with Gasteiger partial charge in [0.15, 0.2) is 0 Å². The van der Waals surface area contributed by atoms with Crippen LogP contribution in [-0.2, 0) is 14.3 Å². The second-order valence-electron chi connectivity index (χ2n) is 23.5. The molecule has 440 valence electrons. The number of hydrogen-bond acceptors (Lipinski definition) is 5. The van der Waals surface area contributed by atoms with Gasteiger partial charge in [-0.1, -0.05) is 353 Å². The summed E-state index contributed by atoms with van der Waals surface area (Å²) in [5.41, 5.74) is 0. The van der Waals surface area contributed by atoms with Gasteiger partial charge in [0.1, 0.15) is 0 Å². The van der Waals surface area contributed by atoms with E-state index >= 15 is 0 Å². The molecule has 0 heterocycles. The second-order valence-corrected chi connectivity index (χ2v) is 23.5. The van der Waals surface area contributed by atoms with Crippen LogP contribution in [-0.4, -0.2) is 47.4 Å². The standard InChI is InChI=1S/C68H133NO5/c1-3-5-7-9-11-13-15-17-19-20-30-33-36-40-44-48-52-56-60-66(71)65(64-70)69-67(72)61-57-53-49-45-41-37-34-31-28-26-24-22-21-23-25-27-29-32-35-39-43-47-51-55-59-63-74-68(73)62-58-54-50-46-42-38-18-16-14-12-10-8-6-4-2/h56,60,65-66,70-71H,3-55,57-59,61-64H2,1-2H3,(H,69,72)/b60-56+. The number of aliphatic hydroxyl groups excluding tert-OH is 2. The molecule has 0 aromatic heterocycles. The lowest BCUT2D eigenvalue weighted by atomic mass is 10.0. The average Bonchev–Trinajstić information content (AvgIpc) is 3.40. The molecule has 1 amide bonds.